The minimum Gasteiger partial charge on any atom is -0.490 e. The fourth-order valence-electron chi connectivity index (χ4n) is 4.41. The van der Waals surface area contributed by atoms with Crippen molar-refractivity contribution in [1.29, 1.82) is 0 Å². The zero-order valence-corrected chi connectivity index (χ0v) is 20.5. The SMILES string of the molecule is COCO[C@@]1(Cc2cc(OC3CCC(C)CC3)ccn2)C(=O)N(COC)[C@H]1COS(C)(=O)=O. The lowest BCUT2D eigenvalue weighted by atomic mass is 9.79. The van der Waals surface area contributed by atoms with Gasteiger partial charge in [-0.05, 0) is 37.7 Å². The lowest BCUT2D eigenvalue weighted by Gasteiger charge is -2.54. The molecule has 10 nitrogen and oxygen atoms in total. The zero-order chi connectivity index (χ0) is 24.1. The van der Waals surface area contributed by atoms with E-state index in [4.69, 9.17) is 23.1 Å². The van der Waals surface area contributed by atoms with Gasteiger partial charge in [0.1, 0.15) is 19.3 Å². The number of amides is 1. The number of hydrogen-bond donors (Lipinski definition) is 0. The Morgan fingerprint density at radius 1 is 1.18 bits per heavy atom. The van der Waals surface area contributed by atoms with Gasteiger partial charge in [0.25, 0.3) is 16.0 Å². The number of β-lactam (4-membered cyclic amide) rings is 1. The predicted octanol–water partition coefficient (Wildman–Crippen LogP) is 1.73. The van der Waals surface area contributed by atoms with Crippen molar-refractivity contribution >= 4 is 16.0 Å². The summed E-state index contributed by atoms with van der Waals surface area (Å²) in [5, 5.41) is 0. The Hall–Kier alpha value is -1.79. The highest BCUT2D eigenvalue weighted by Crippen LogP contribution is 2.38. The smallest absolute Gasteiger partial charge is 0.264 e. The van der Waals surface area contributed by atoms with E-state index in [-0.39, 0.29) is 38.6 Å². The number of rotatable bonds is 12. The summed E-state index contributed by atoms with van der Waals surface area (Å²) in [6, 6.07) is 2.89. The molecule has 1 amide bonds. The lowest BCUT2D eigenvalue weighted by Crippen LogP contribution is -2.77. The summed E-state index contributed by atoms with van der Waals surface area (Å²) < 4.78 is 50.4. The number of likely N-dealkylation sites (tertiary alicyclic amines) is 1. The Balaban J connectivity index is 1.80. The van der Waals surface area contributed by atoms with Gasteiger partial charge in [0.05, 0.1) is 25.0 Å². The molecule has 0 unspecified atom stereocenters. The number of hydrogen-bond acceptors (Lipinski definition) is 9. The molecule has 1 saturated heterocycles. The molecule has 0 radical (unpaired) electrons. The number of ether oxygens (including phenoxy) is 4. The molecule has 1 saturated carbocycles. The van der Waals surface area contributed by atoms with Gasteiger partial charge in [0, 0.05) is 38.6 Å². The first-order valence-corrected chi connectivity index (χ1v) is 12.9. The van der Waals surface area contributed by atoms with Crippen LogP contribution in [-0.2, 0) is 39.7 Å². The highest BCUT2D eigenvalue weighted by Gasteiger charge is 2.62. The molecule has 186 valence electrons. The van der Waals surface area contributed by atoms with Crippen molar-refractivity contribution in [3.05, 3.63) is 24.0 Å². The van der Waals surface area contributed by atoms with Crippen LogP contribution in [0.4, 0.5) is 0 Å². The van der Waals surface area contributed by atoms with Crippen LogP contribution in [0.2, 0.25) is 0 Å². The summed E-state index contributed by atoms with van der Waals surface area (Å²) in [7, 11) is -0.825. The van der Waals surface area contributed by atoms with E-state index in [1.807, 2.05) is 0 Å². The van der Waals surface area contributed by atoms with E-state index in [2.05, 4.69) is 11.9 Å². The third-order valence-corrected chi connectivity index (χ3v) is 6.74. The van der Waals surface area contributed by atoms with Crippen molar-refractivity contribution in [1.82, 2.24) is 9.88 Å². The molecule has 0 aromatic carbocycles. The molecular formula is C22H34N2O8S. The van der Waals surface area contributed by atoms with E-state index in [0.717, 1.165) is 37.9 Å². The average Bonchev–Trinajstić information content (AvgIpc) is 2.77. The first kappa shape index (κ1) is 25.8. The molecular weight excluding hydrogens is 452 g/mol. The van der Waals surface area contributed by atoms with Crippen LogP contribution in [0.5, 0.6) is 5.75 Å². The minimum absolute atomic E-state index is 0.0224. The highest BCUT2D eigenvalue weighted by atomic mass is 32.2. The molecule has 1 aromatic rings. The lowest BCUT2D eigenvalue weighted by molar-refractivity contribution is -0.236. The van der Waals surface area contributed by atoms with E-state index >= 15 is 0 Å². The molecule has 11 heteroatoms. The van der Waals surface area contributed by atoms with Gasteiger partial charge in [-0.1, -0.05) is 6.92 Å². The van der Waals surface area contributed by atoms with Crippen molar-refractivity contribution in [2.24, 2.45) is 5.92 Å². The standard InChI is InChI=1S/C22H34N2O8S/c1-16-5-7-18(8-6-16)32-19-9-10-23-17(11-19)12-22(30-15-29-3)20(13-31-33(4,26)27)24(14-28-2)21(22)25/h9-11,16,18,20H,5-8,12-15H2,1-4H3/t16?,18?,20-,22+/m0/s1. The first-order chi connectivity index (χ1) is 15.7. The summed E-state index contributed by atoms with van der Waals surface area (Å²) >= 11 is 0. The number of aromatic nitrogens is 1. The average molecular weight is 487 g/mol. The minimum atomic E-state index is -3.72. The largest absolute Gasteiger partial charge is 0.490 e. The van der Waals surface area contributed by atoms with Gasteiger partial charge in [-0.2, -0.15) is 8.42 Å². The van der Waals surface area contributed by atoms with Gasteiger partial charge in [0.2, 0.25) is 0 Å². The number of nitrogens with zero attached hydrogens (tertiary/aromatic N) is 2. The maximum Gasteiger partial charge on any atom is 0.264 e. The van der Waals surface area contributed by atoms with Gasteiger partial charge in [-0.15, -0.1) is 0 Å². The van der Waals surface area contributed by atoms with Crippen LogP contribution >= 0.6 is 0 Å². The molecule has 0 N–H and O–H groups in total. The number of carbonyl (C=O) groups excluding carboxylic acids is 1. The highest BCUT2D eigenvalue weighted by molar-refractivity contribution is 7.85. The molecule has 2 aliphatic rings. The predicted molar refractivity (Wildman–Crippen MR) is 119 cm³/mol. The second kappa shape index (κ2) is 11.1. The number of pyridine rings is 1. The molecule has 2 fully saturated rings. The normalized spacial score (nSPS) is 27.9. The Kier molecular flexibility index (Phi) is 8.68. The summed E-state index contributed by atoms with van der Waals surface area (Å²) in [5.74, 6) is 1.06. The second-order valence-corrected chi connectivity index (χ2v) is 10.4. The van der Waals surface area contributed by atoms with E-state index < -0.39 is 21.8 Å². The third kappa shape index (κ3) is 6.42. The van der Waals surface area contributed by atoms with Crippen LogP contribution < -0.4 is 4.74 Å². The maximum absolute atomic E-state index is 13.2. The van der Waals surface area contributed by atoms with Crippen LogP contribution in [0.25, 0.3) is 0 Å². The molecule has 2 heterocycles. The molecule has 2 atom stereocenters. The van der Waals surface area contributed by atoms with E-state index in [1.54, 1.807) is 18.3 Å². The number of methoxy groups -OCH3 is 2. The van der Waals surface area contributed by atoms with E-state index in [9.17, 15) is 13.2 Å². The number of carbonyl (C=O) groups is 1. The topological polar surface area (TPSA) is 113 Å². The van der Waals surface area contributed by atoms with Crippen LogP contribution in [0.15, 0.2) is 18.3 Å². The fraction of sp³-hybridized carbons (Fsp3) is 0.727. The zero-order valence-electron chi connectivity index (χ0n) is 19.7. The summed E-state index contributed by atoms with van der Waals surface area (Å²) in [4.78, 5) is 18.9. The summed E-state index contributed by atoms with van der Waals surface area (Å²) in [5.41, 5.74) is -0.812. The second-order valence-electron chi connectivity index (χ2n) is 8.80. The summed E-state index contributed by atoms with van der Waals surface area (Å²) in [6.07, 6.45) is 7.16. The van der Waals surface area contributed by atoms with Crippen molar-refractivity contribution in [2.75, 3.05) is 40.6 Å². The molecule has 33 heavy (non-hydrogen) atoms. The van der Waals surface area contributed by atoms with Crippen molar-refractivity contribution < 1.29 is 36.3 Å². The molecule has 1 aliphatic carbocycles. The quantitative estimate of drug-likeness (QED) is 0.248. The van der Waals surface area contributed by atoms with Crippen LogP contribution in [0.3, 0.4) is 0 Å². The molecule has 0 spiro atoms. The van der Waals surface area contributed by atoms with Gasteiger partial charge in [0.15, 0.2) is 5.60 Å². The molecule has 3 rings (SSSR count). The Bertz CT molecular complexity index is 903. The maximum atomic E-state index is 13.2. The third-order valence-electron chi connectivity index (χ3n) is 6.18. The Morgan fingerprint density at radius 2 is 1.91 bits per heavy atom. The first-order valence-electron chi connectivity index (χ1n) is 11.1. The Labute approximate surface area is 195 Å². The van der Waals surface area contributed by atoms with E-state index in [0.29, 0.717) is 11.4 Å². The molecule has 1 aromatic heterocycles. The van der Waals surface area contributed by atoms with Crippen molar-refractivity contribution in [2.45, 2.75) is 56.8 Å². The van der Waals surface area contributed by atoms with E-state index in [1.165, 1.54) is 19.1 Å². The van der Waals surface area contributed by atoms with Gasteiger partial charge >= 0.3 is 0 Å². The fourth-order valence-corrected chi connectivity index (χ4v) is 4.79. The molecule has 1 aliphatic heterocycles. The van der Waals surface area contributed by atoms with Crippen LogP contribution in [0, 0.1) is 5.92 Å². The van der Waals surface area contributed by atoms with Gasteiger partial charge in [-0.3, -0.25) is 14.0 Å². The molecule has 0 bridgehead atoms. The Morgan fingerprint density at radius 3 is 2.55 bits per heavy atom. The summed E-state index contributed by atoms with van der Waals surface area (Å²) in [6.45, 7) is 1.81. The van der Waals surface area contributed by atoms with Gasteiger partial charge < -0.3 is 23.8 Å². The van der Waals surface area contributed by atoms with Crippen molar-refractivity contribution in [3.63, 3.8) is 0 Å². The van der Waals surface area contributed by atoms with Crippen LogP contribution in [0.1, 0.15) is 38.3 Å². The van der Waals surface area contributed by atoms with Gasteiger partial charge in [-0.25, -0.2) is 0 Å². The van der Waals surface area contributed by atoms with Crippen LogP contribution in [-0.4, -0.2) is 82.6 Å². The van der Waals surface area contributed by atoms with Crippen molar-refractivity contribution in [3.8, 4) is 5.75 Å². The monoisotopic (exact) mass is 486 g/mol.